The Morgan fingerprint density at radius 1 is 1.06 bits per heavy atom. The van der Waals surface area contributed by atoms with E-state index in [0.717, 1.165) is 57.3 Å². The van der Waals surface area contributed by atoms with Crippen LogP contribution in [0.25, 0.3) is 44.2 Å². The molecular formula is C26H27BN6O. The zero-order valence-electron chi connectivity index (χ0n) is 19.6. The van der Waals surface area contributed by atoms with Gasteiger partial charge < -0.3 is 15.6 Å². The van der Waals surface area contributed by atoms with Crippen molar-refractivity contribution in [2.75, 3.05) is 19.6 Å². The maximum atomic E-state index is 12.5. The monoisotopic (exact) mass is 450 g/mol. The second kappa shape index (κ2) is 9.15. The number of nitrogens with zero attached hydrogens (tertiary/aromatic N) is 3. The number of aryl methyl sites for hydroxylation is 1. The van der Waals surface area contributed by atoms with Crippen LogP contribution in [0.3, 0.4) is 0 Å². The number of hydrogen-bond acceptors (Lipinski definition) is 4. The lowest BCUT2D eigenvalue weighted by atomic mass is 9.84. The van der Waals surface area contributed by atoms with Gasteiger partial charge in [-0.25, -0.2) is 0 Å². The number of H-pyrrole nitrogens is 1. The van der Waals surface area contributed by atoms with E-state index in [9.17, 15) is 4.79 Å². The molecule has 0 unspecified atom stereocenters. The Labute approximate surface area is 199 Å². The molecular weight excluding hydrogens is 423 g/mol. The second-order valence-corrected chi connectivity index (χ2v) is 8.51. The molecule has 0 aliphatic rings. The molecule has 0 aliphatic heterocycles. The van der Waals surface area contributed by atoms with Crippen LogP contribution in [0.4, 0.5) is 0 Å². The zero-order chi connectivity index (χ0) is 23.7. The first-order valence-corrected chi connectivity index (χ1v) is 11.5. The van der Waals surface area contributed by atoms with Gasteiger partial charge in [0, 0.05) is 53.8 Å². The fourth-order valence-corrected chi connectivity index (χ4v) is 4.41. The van der Waals surface area contributed by atoms with Gasteiger partial charge in [0.15, 0.2) is 0 Å². The Morgan fingerprint density at radius 3 is 2.62 bits per heavy atom. The number of aromatic nitrogens is 4. The van der Waals surface area contributed by atoms with Gasteiger partial charge in [-0.1, -0.05) is 30.6 Å². The molecule has 1 amide bonds. The number of rotatable bonds is 7. The number of benzene rings is 2. The lowest BCUT2D eigenvalue weighted by Gasteiger charge is -2.11. The highest BCUT2D eigenvalue weighted by Gasteiger charge is 2.15. The highest BCUT2D eigenvalue weighted by molar-refractivity contribution is 6.39. The van der Waals surface area contributed by atoms with Gasteiger partial charge in [-0.15, -0.1) is 0 Å². The van der Waals surface area contributed by atoms with Gasteiger partial charge in [0.05, 0.1) is 23.6 Å². The average Bonchev–Trinajstić information content (AvgIpc) is 3.45. The number of nitrogens with one attached hydrogen (secondary N) is 3. The van der Waals surface area contributed by atoms with Crippen molar-refractivity contribution in [3.05, 3.63) is 66.6 Å². The molecule has 0 radical (unpaired) electrons. The van der Waals surface area contributed by atoms with E-state index in [-0.39, 0.29) is 5.91 Å². The summed E-state index contributed by atoms with van der Waals surface area (Å²) < 4.78 is 1.78. The van der Waals surface area contributed by atoms with Crippen LogP contribution >= 0.6 is 0 Å². The summed E-state index contributed by atoms with van der Waals surface area (Å²) in [5.41, 5.74) is 8.00. The molecule has 3 aromatic heterocycles. The van der Waals surface area contributed by atoms with Crippen molar-refractivity contribution in [1.29, 1.82) is 0 Å². The van der Waals surface area contributed by atoms with Gasteiger partial charge in [-0.3, -0.25) is 14.5 Å². The van der Waals surface area contributed by atoms with Gasteiger partial charge in [-0.2, -0.15) is 5.10 Å². The molecule has 0 saturated heterocycles. The Balaban J connectivity index is 1.55. The van der Waals surface area contributed by atoms with Crippen molar-refractivity contribution >= 4 is 41.0 Å². The zero-order valence-corrected chi connectivity index (χ0v) is 19.6. The standard InChI is InChI=1S/C26H27BN6O/c1-3-28-10-11-29-26(34)17-6-4-16(5-7-17)24-20(27)8-9-21-25(24)19-12-22(30-14-23(19)32-21)18-13-31-33(2)15-18/h4-9,12-15,28,32H,3,10-11,27H2,1-2H3,(H,29,34). The summed E-state index contributed by atoms with van der Waals surface area (Å²) in [7, 11) is 4.03. The van der Waals surface area contributed by atoms with Crippen molar-refractivity contribution in [2.45, 2.75) is 6.92 Å². The van der Waals surface area contributed by atoms with Gasteiger partial charge >= 0.3 is 0 Å². The predicted octanol–water partition coefficient (Wildman–Crippen LogP) is 2.38. The van der Waals surface area contributed by atoms with Crippen molar-refractivity contribution in [1.82, 2.24) is 30.4 Å². The number of likely N-dealkylation sites (N-methyl/N-ethyl adjacent to an activating group) is 1. The van der Waals surface area contributed by atoms with Gasteiger partial charge in [-0.05, 0) is 41.9 Å². The third kappa shape index (κ3) is 4.08. The first-order chi connectivity index (χ1) is 16.5. The Bertz CT molecular complexity index is 1490. The number of hydrogen-bond donors (Lipinski definition) is 3. The predicted molar refractivity (Wildman–Crippen MR) is 140 cm³/mol. The Kier molecular flexibility index (Phi) is 5.90. The van der Waals surface area contributed by atoms with Crippen LogP contribution in [0.2, 0.25) is 0 Å². The largest absolute Gasteiger partial charge is 0.353 e. The number of pyridine rings is 1. The topological polar surface area (TPSA) is 87.6 Å². The quantitative estimate of drug-likeness (QED) is 0.263. The van der Waals surface area contributed by atoms with Crippen molar-refractivity contribution in [3.8, 4) is 22.4 Å². The molecule has 0 saturated carbocycles. The fraction of sp³-hybridized carbons (Fsp3) is 0.192. The number of aromatic amines is 1. The maximum Gasteiger partial charge on any atom is 0.251 e. The molecule has 3 heterocycles. The second-order valence-electron chi connectivity index (χ2n) is 8.51. The van der Waals surface area contributed by atoms with Gasteiger partial charge in [0.25, 0.3) is 5.91 Å². The van der Waals surface area contributed by atoms with E-state index >= 15 is 0 Å². The molecule has 34 heavy (non-hydrogen) atoms. The van der Waals surface area contributed by atoms with E-state index in [1.54, 1.807) is 4.68 Å². The number of carbonyl (C=O) groups excluding carboxylic acids is 1. The molecule has 7 nitrogen and oxygen atoms in total. The van der Waals surface area contributed by atoms with Crippen molar-refractivity contribution < 1.29 is 4.79 Å². The fourth-order valence-electron chi connectivity index (χ4n) is 4.41. The minimum absolute atomic E-state index is 0.0568. The molecule has 8 heteroatoms. The summed E-state index contributed by atoms with van der Waals surface area (Å²) in [6, 6.07) is 14.2. The molecule has 0 atom stereocenters. The molecule has 0 aliphatic carbocycles. The van der Waals surface area contributed by atoms with Crippen molar-refractivity contribution in [3.63, 3.8) is 0 Å². The maximum absolute atomic E-state index is 12.5. The molecule has 0 fully saturated rings. The van der Waals surface area contributed by atoms with E-state index in [0.29, 0.717) is 12.1 Å². The molecule has 2 aromatic carbocycles. The molecule has 170 valence electrons. The number of amides is 1. The molecule has 0 bridgehead atoms. The highest BCUT2D eigenvalue weighted by Crippen LogP contribution is 2.34. The van der Waals surface area contributed by atoms with E-state index in [2.05, 4.69) is 51.7 Å². The average molecular weight is 450 g/mol. The molecule has 5 aromatic rings. The minimum Gasteiger partial charge on any atom is -0.353 e. The van der Waals surface area contributed by atoms with Crippen LogP contribution in [0.1, 0.15) is 17.3 Å². The first kappa shape index (κ1) is 21.9. The third-order valence-corrected chi connectivity index (χ3v) is 6.13. The molecule has 3 N–H and O–H groups in total. The van der Waals surface area contributed by atoms with E-state index in [1.807, 2.05) is 56.8 Å². The van der Waals surface area contributed by atoms with Crippen LogP contribution in [0, 0.1) is 0 Å². The Hall–Kier alpha value is -3.91. The Morgan fingerprint density at radius 2 is 1.88 bits per heavy atom. The van der Waals surface area contributed by atoms with Crippen LogP contribution in [-0.4, -0.2) is 53.1 Å². The lowest BCUT2D eigenvalue weighted by Crippen LogP contribution is -2.31. The lowest BCUT2D eigenvalue weighted by molar-refractivity contribution is 0.0954. The van der Waals surface area contributed by atoms with Gasteiger partial charge in [0.1, 0.15) is 7.85 Å². The van der Waals surface area contributed by atoms with Crippen molar-refractivity contribution in [2.24, 2.45) is 7.05 Å². The summed E-state index contributed by atoms with van der Waals surface area (Å²) in [6.07, 6.45) is 5.69. The summed E-state index contributed by atoms with van der Waals surface area (Å²) >= 11 is 0. The van der Waals surface area contributed by atoms with Crippen LogP contribution in [-0.2, 0) is 7.05 Å². The van der Waals surface area contributed by atoms with E-state index in [1.165, 1.54) is 5.46 Å². The normalized spacial score (nSPS) is 11.4. The van der Waals surface area contributed by atoms with Crippen LogP contribution < -0.4 is 16.1 Å². The van der Waals surface area contributed by atoms with Crippen LogP contribution in [0.5, 0.6) is 0 Å². The number of fused-ring (bicyclic) bond motifs is 3. The number of carbonyl (C=O) groups is 1. The van der Waals surface area contributed by atoms with E-state index < -0.39 is 0 Å². The van der Waals surface area contributed by atoms with E-state index in [4.69, 9.17) is 0 Å². The van der Waals surface area contributed by atoms with Crippen LogP contribution in [0.15, 0.2) is 61.1 Å². The summed E-state index contributed by atoms with van der Waals surface area (Å²) in [4.78, 5) is 20.6. The SMILES string of the molecule is Bc1ccc2[nH]c3cnc(-c4cnn(C)c4)cc3c2c1-c1ccc(C(=O)NCCNCC)cc1. The smallest absolute Gasteiger partial charge is 0.251 e. The van der Waals surface area contributed by atoms with Gasteiger partial charge in [0.2, 0.25) is 0 Å². The minimum atomic E-state index is -0.0568. The summed E-state index contributed by atoms with van der Waals surface area (Å²) in [5, 5.41) is 12.7. The molecule has 5 rings (SSSR count). The first-order valence-electron chi connectivity index (χ1n) is 11.5. The molecule has 0 spiro atoms. The highest BCUT2D eigenvalue weighted by atomic mass is 16.1. The third-order valence-electron chi connectivity index (χ3n) is 6.13. The summed E-state index contributed by atoms with van der Waals surface area (Å²) in [6.45, 7) is 4.31. The summed E-state index contributed by atoms with van der Waals surface area (Å²) in [5.74, 6) is -0.0568.